The SMILES string of the molecule is Cc1ccc(/C(=C\c2ccc3c(c2)C(C)(C)c2cc(N(c4cccc(-c5ccccn5)c4)c4cc(C)cc(C)c4C)c4ccccc4c2-3)Cc2ccc3c(c2)-c2ccccc2C=C(c2ccccc2)C3)cc1. The molecule has 0 unspecified atom stereocenters. The second kappa shape index (κ2) is 18.1. The van der Waals surface area contributed by atoms with Crippen molar-refractivity contribution >= 4 is 51.1 Å². The Morgan fingerprint density at radius 3 is 2.15 bits per heavy atom. The summed E-state index contributed by atoms with van der Waals surface area (Å²) in [6.45, 7) is 13.7. The summed E-state index contributed by atoms with van der Waals surface area (Å²) in [5.41, 5.74) is 28.6. The molecule has 72 heavy (non-hydrogen) atoms. The fourth-order valence-corrected chi connectivity index (χ4v) is 11.6. The molecule has 1 heterocycles. The highest BCUT2D eigenvalue weighted by Gasteiger charge is 2.38. The first-order chi connectivity index (χ1) is 35.1. The van der Waals surface area contributed by atoms with E-state index in [0.29, 0.717) is 0 Å². The Labute approximate surface area is 425 Å². The van der Waals surface area contributed by atoms with Crippen molar-refractivity contribution in [3.05, 3.63) is 273 Å². The zero-order valence-corrected chi connectivity index (χ0v) is 42.1. The number of hydrogen-bond donors (Lipinski definition) is 0. The van der Waals surface area contributed by atoms with Crippen molar-refractivity contribution in [2.24, 2.45) is 0 Å². The molecule has 2 aliphatic carbocycles. The van der Waals surface area contributed by atoms with Crippen molar-refractivity contribution in [3.63, 3.8) is 0 Å². The largest absolute Gasteiger partial charge is 0.310 e. The van der Waals surface area contributed by atoms with Crippen molar-refractivity contribution in [1.29, 1.82) is 0 Å². The van der Waals surface area contributed by atoms with E-state index >= 15 is 0 Å². The Morgan fingerprint density at radius 2 is 1.33 bits per heavy atom. The standard InChI is InChI=1S/C70H58N2/c1-45-26-30-52(31-27-45)56(37-49-28-32-54-42-57(51-17-8-7-9-18-51)41-53-19-10-11-22-59(53)63(54)39-49)38-50-29-33-62-64(40-50)70(5,6)65-44-68(60-23-12-13-24-61(60)69(62)65)72(67-36-46(2)35-47(3)48(67)4)58-21-16-20-55(43-58)66-25-14-15-34-71-66/h7-36,38-41,43-44H,37,42H2,1-6H3/b56-38-. The minimum Gasteiger partial charge on any atom is -0.310 e. The molecule has 10 aromatic rings. The number of benzene rings is 9. The number of aromatic nitrogens is 1. The zero-order chi connectivity index (χ0) is 49.1. The van der Waals surface area contributed by atoms with Gasteiger partial charge in [0.15, 0.2) is 0 Å². The van der Waals surface area contributed by atoms with Crippen LogP contribution in [0.4, 0.5) is 17.1 Å². The fourth-order valence-electron chi connectivity index (χ4n) is 11.6. The van der Waals surface area contributed by atoms with Crippen LogP contribution in [0.2, 0.25) is 0 Å². The number of fused-ring (bicyclic) bond motifs is 8. The minimum atomic E-state index is -0.284. The van der Waals surface area contributed by atoms with Gasteiger partial charge in [0.2, 0.25) is 0 Å². The molecule has 2 nitrogen and oxygen atoms in total. The third-order valence-electron chi connectivity index (χ3n) is 15.5. The third-order valence-corrected chi connectivity index (χ3v) is 15.5. The summed E-state index contributed by atoms with van der Waals surface area (Å²) < 4.78 is 0. The topological polar surface area (TPSA) is 16.1 Å². The maximum absolute atomic E-state index is 4.76. The molecule has 348 valence electrons. The maximum Gasteiger partial charge on any atom is 0.0702 e. The van der Waals surface area contributed by atoms with Crippen molar-refractivity contribution in [2.45, 2.75) is 59.8 Å². The predicted octanol–water partition coefficient (Wildman–Crippen LogP) is 18.5. The van der Waals surface area contributed by atoms with Gasteiger partial charge in [-0.25, -0.2) is 0 Å². The lowest BCUT2D eigenvalue weighted by molar-refractivity contribution is 0.660. The summed E-state index contributed by atoms with van der Waals surface area (Å²) in [5, 5.41) is 2.49. The van der Waals surface area contributed by atoms with E-state index in [9.17, 15) is 0 Å². The summed E-state index contributed by atoms with van der Waals surface area (Å²) in [6.07, 6.45) is 8.41. The van der Waals surface area contributed by atoms with Gasteiger partial charge >= 0.3 is 0 Å². The van der Waals surface area contributed by atoms with Gasteiger partial charge in [-0.2, -0.15) is 0 Å². The van der Waals surface area contributed by atoms with Crippen LogP contribution < -0.4 is 4.90 Å². The number of nitrogens with zero attached hydrogens (tertiary/aromatic N) is 2. The highest BCUT2D eigenvalue weighted by Crippen LogP contribution is 2.55. The normalized spacial score (nSPS) is 13.4. The summed E-state index contributed by atoms with van der Waals surface area (Å²) in [5.74, 6) is 0. The van der Waals surface area contributed by atoms with E-state index in [-0.39, 0.29) is 5.41 Å². The lowest BCUT2D eigenvalue weighted by atomic mass is 9.81. The summed E-state index contributed by atoms with van der Waals surface area (Å²) in [6, 6.07) is 74.5. The van der Waals surface area contributed by atoms with E-state index in [0.717, 1.165) is 29.8 Å². The molecular weight excluding hydrogens is 869 g/mol. The summed E-state index contributed by atoms with van der Waals surface area (Å²) in [7, 11) is 0. The first-order valence-electron chi connectivity index (χ1n) is 25.4. The van der Waals surface area contributed by atoms with Gasteiger partial charge in [0.1, 0.15) is 0 Å². The number of pyridine rings is 1. The Bertz CT molecular complexity index is 3800. The van der Waals surface area contributed by atoms with E-state index in [4.69, 9.17) is 4.98 Å². The quantitative estimate of drug-likeness (QED) is 0.134. The van der Waals surface area contributed by atoms with E-state index in [1.54, 1.807) is 0 Å². The minimum absolute atomic E-state index is 0.284. The number of hydrogen-bond acceptors (Lipinski definition) is 2. The molecule has 0 saturated carbocycles. The van der Waals surface area contributed by atoms with Crippen LogP contribution in [0.15, 0.2) is 206 Å². The molecule has 2 aliphatic rings. The molecular formula is C70H58N2. The van der Waals surface area contributed by atoms with Crippen LogP contribution in [0.25, 0.3) is 67.6 Å². The van der Waals surface area contributed by atoms with Gasteiger partial charge in [-0.05, 0) is 177 Å². The molecule has 0 saturated heterocycles. The second-order valence-corrected chi connectivity index (χ2v) is 20.6. The molecule has 0 bridgehead atoms. The van der Waals surface area contributed by atoms with Crippen LogP contribution >= 0.6 is 0 Å². The highest BCUT2D eigenvalue weighted by molar-refractivity contribution is 6.10. The van der Waals surface area contributed by atoms with Gasteiger partial charge in [0.05, 0.1) is 11.4 Å². The van der Waals surface area contributed by atoms with Gasteiger partial charge in [0.25, 0.3) is 0 Å². The molecule has 2 heteroatoms. The van der Waals surface area contributed by atoms with Crippen LogP contribution in [0, 0.1) is 27.7 Å². The van der Waals surface area contributed by atoms with Gasteiger partial charge in [0, 0.05) is 33.9 Å². The van der Waals surface area contributed by atoms with Crippen molar-refractivity contribution in [2.75, 3.05) is 4.90 Å². The van der Waals surface area contributed by atoms with Crippen LogP contribution in [-0.2, 0) is 18.3 Å². The van der Waals surface area contributed by atoms with Crippen LogP contribution in [0.1, 0.15) is 80.6 Å². The van der Waals surface area contributed by atoms with E-state index in [2.05, 4.69) is 253 Å². The highest BCUT2D eigenvalue weighted by atomic mass is 15.1. The molecule has 0 fully saturated rings. The van der Waals surface area contributed by atoms with Crippen LogP contribution in [-0.4, -0.2) is 4.98 Å². The van der Waals surface area contributed by atoms with Crippen LogP contribution in [0.5, 0.6) is 0 Å². The third kappa shape index (κ3) is 8.07. The van der Waals surface area contributed by atoms with Crippen molar-refractivity contribution in [3.8, 4) is 33.5 Å². The smallest absolute Gasteiger partial charge is 0.0702 e. The Hall–Kier alpha value is -8.33. The molecule has 0 aliphatic heterocycles. The Kier molecular flexibility index (Phi) is 11.3. The molecule has 0 N–H and O–H groups in total. The average Bonchev–Trinajstić information content (AvgIpc) is 3.51. The molecule has 12 rings (SSSR count). The Balaban J connectivity index is 0.968. The first-order valence-corrected chi connectivity index (χ1v) is 25.4. The van der Waals surface area contributed by atoms with E-state index in [1.165, 1.54) is 122 Å². The van der Waals surface area contributed by atoms with Gasteiger partial charge in [-0.3, -0.25) is 4.98 Å². The molecule has 0 spiro atoms. The zero-order valence-electron chi connectivity index (χ0n) is 42.1. The Morgan fingerprint density at radius 1 is 0.569 bits per heavy atom. The van der Waals surface area contributed by atoms with Gasteiger partial charge in [-0.15, -0.1) is 0 Å². The average molecular weight is 927 g/mol. The van der Waals surface area contributed by atoms with Crippen LogP contribution in [0.3, 0.4) is 0 Å². The summed E-state index contributed by atoms with van der Waals surface area (Å²) in [4.78, 5) is 7.26. The van der Waals surface area contributed by atoms with Crippen molar-refractivity contribution in [1.82, 2.24) is 4.98 Å². The van der Waals surface area contributed by atoms with Crippen molar-refractivity contribution < 1.29 is 0 Å². The fraction of sp³-hybridized carbons (Fsp3) is 0.129. The molecule has 0 radical (unpaired) electrons. The number of anilines is 3. The lowest BCUT2D eigenvalue weighted by Gasteiger charge is -2.31. The van der Waals surface area contributed by atoms with E-state index in [1.807, 2.05) is 12.3 Å². The van der Waals surface area contributed by atoms with E-state index < -0.39 is 0 Å². The van der Waals surface area contributed by atoms with Gasteiger partial charge < -0.3 is 4.90 Å². The molecule has 1 aromatic heterocycles. The molecule has 0 amide bonds. The second-order valence-electron chi connectivity index (χ2n) is 20.6. The summed E-state index contributed by atoms with van der Waals surface area (Å²) >= 11 is 0. The molecule has 0 atom stereocenters. The number of aryl methyl sites for hydroxylation is 3. The number of rotatable bonds is 9. The van der Waals surface area contributed by atoms with Gasteiger partial charge in [-0.1, -0.05) is 195 Å². The molecule has 9 aromatic carbocycles. The maximum atomic E-state index is 4.76. The first kappa shape index (κ1) is 44.8. The lowest BCUT2D eigenvalue weighted by Crippen LogP contribution is -2.17. The predicted molar refractivity (Wildman–Crippen MR) is 306 cm³/mol. The monoisotopic (exact) mass is 926 g/mol. The number of allylic oxidation sites excluding steroid dienone is 2.